The zero-order valence-electron chi connectivity index (χ0n) is 15.7. The highest BCUT2D eigenvalue weighted by molar-refractivity contribution is 5.57. The predicted molar refractivity (Wildman–Crippen MR) is 106 cm³/mol. The van der Waals surface area contributed by atoms with Gasteiger partial charge >= 0.3 is 0 Å². The molecule has 144 valence electrons. The number of aryl methyl sites for hydroxylation is 2. The number of nitrogens with one attached hydrogen (secondary N) is 2. The van der Waals surface area contributed by atoms with Gasteiger partial charge in [0.2, 0.25) is 5.95 Å². The first-order valence-corrected chi connectivity index (χ1v) is 9.07. The summed E-state index contributed by atoms with van der Waals surface area (Å²) in [5.41, 5.74) is 3.10. The van der Waals surface area contributed by atoms with Gasteiger partial charge in [-0.3, -0.25) is 0 Å². The molecule has 1 aliphatic rings. The van der Waals surface area contributed by atoms with Crippen molar-refractivity contribution in [3.8, 4) is 11.5 Å². The molecule has 6 nitrogen and oxygen atoms in total. The molecule has 0 radical (unpaired) electrons. The van der Waals surface area contributed by atoms with E-state index in [-0.39, 0.29) is 11.9 Å². The van der Waals surface area contributed by atoms with E-state index in [1.807, 2.05) is 50.2 Å². The third-order valence-corrected chi connectivity index (χ3v) is 4.29. The Morgan fingerprint density at radius 1 is 1.11 bits per heavy atom. The second-order valence-electron chi connectivity index (χ2n) is 6.77. The van der Waals surface area contributed by atoms with Crippen LogP contribution in [0.5, 0.6) is 11.5 Å². The van der Waals surface area contributed by atoms with E-state index in [1.165, 1.54) is 0 Å². The Kier molecular flexibility index (Phi) is 4.97. The minimum atomic E-state index is -0.525. The molecule has 3 aromatic rings. The Hall–Kier alpha value is -3.35. The minimum Gasteiger partial charge on any atom is -0.486 e. The van der Waals surface area contributed by atoms with Crippen LogP contribution in [0.2, 0.25) is 0 Å². The van der Waals surface area contributed by atoms with Crippen molar-refractivity contribution in [1.29, 1.82) is 0 Å². The molecule has 7 heteroatoms. The van der Waals surface area contributed by atoms with Crippen LogP contribution >= 0.6 is 0 Å². The van der Waals surface area contributed by atoms with E-state index in [0.29, 0.717) is 30.6 Å². The van der Waals surface area contributed by atoms with Gasteiger partial charge in [-0.1, -0.05) is 18.2 Å². The van der Waals surface area contributed by atoms with Crippen molar-refractivity contribution in [2.75, 3.05) is 23.8 Å². The number of halogens is 1. The molecule has 0 bridgehead atoms. The first-order valence-electron chi connectivity index (χ1n) is 9.07. The molecule has 1 unspecified atom stereocenters. The molecule has 1 aliphatic heterocycles. The quantitative estimate of drug-likeness (QED) is 0.691. The molecule has 0 amide bonds. The predicted octanol–water partition coefficient (Wildman–Crippen LogP) is 4.23. The van der Waals surface area contributed by atoms with Gasteiger partial charge in [0.25, 0.3) is 0 Å². The topological polar surface area (TPSA) is 68.3 Å². The summed E-state index contributed by atoms with van der Waals surface area (Å²) in [6.07, 6.45) is 0.897. The van der Waals surface area contributed by atoms with Gasteiger partial charge in [-0.25, -0.2) is 9.37 Å². The normalized spacial score (nSPS) is 15.2. The maximum absolute atomic E-state index is 14.1. The highest BCUT2D eigenvalue weighted by atomic mass is 19.1. The number of nitrogens with zero attached hydrogens (tertiary/aromatic N) is 2. The molecule has 0 saturated carbocycles. The van der Waals surface area contributed by atoms with Gasteiger partial charge < -0.3 is 20.1 Å². The molecule has 1 aromatic heterocycles. The van der Waals surface area contributed by atoms with Crippen LogP contribution in [0, 0.1) is 19.7 Å². The molecule has 0 saturated heterocycles. The van der Waals surface area contributed by atoms with E-state index >= 15 is 0 Å². The highest BCUT2D eigenvalue weighted by Gasteiger charge is 2.21. The number of aromatic nitrogens is 2. The third kappa shape index (κ3) is 4.14. The van der Waals surface area contributed by atoms with E-state index < -0.39 is 5.82 Å². The highest BCUT2D eigenvalue weighted by Crippen LogP contribution is 2.31. The average molecular weight is 380 g/mol. The zero-order valence-corrected chi connectivity index (χ0v) is 15.7. The Balaban J connectivity index is 1.43. The standard InChI is InChI=1S/C21H21FN4O2/c1-13-7-14(2)9-15(8-13)25-21-24-11-17(22)20(26-21)23-10-16-12-27-18-5-3-4-6-19(18)28-16/h3-9,11,16H,10,12H2,1-2H3,(H2,23,24,25,26). The fourth-order valence-electron chi connectivity index (χ4n) is 3.10. The molecule has 2 aromatic carbocycles. The van der Waals surface area contributed by atoms with Gasteiger partial charge in [-0.15, -0.1) is 0 Å². The molecule has 28 heavy (non-hydrogen) atoms. The first kappa shape index (κ1) is 18.0. The average Bonchev–Trinajstić information content (AvgIpc) is 2.67. The zero-order chi connectivity index (χ0) is 19.5. The van der Waals surface area contributed by atoms with E-state index in [9.17, 15) is 4.39 Å². The summed E-state index contributed by atoms with van der Waals surface area (Å²) in [6.45, 7) is 4.76. The largest absolute Gasteiger partial charge is 0.486 e. The lowest BCUT2D eigenvalue weighted by atomic mass is 10.1. The van der Waals surface area contributed by atoms with Crippen LogP contribution < -0.4 is 20.1 Å². The maximum Gasteiger partial charge on any atom is 0.229 e. The van der Waals surface area contributed by atoms with Gasteiger partial charge in [0, 0.05) is 5.69 Å². The number of hydrogen-bond acceptors (Lipinski definition) is 6. The molecule has 1 atom stereocenters. The van der Waals surface area contributed by atoms with Gasteiger partial charge in [0.1, 0.15) is 12.7 Å². The number of para-hydroxylation sites is 2. The van der Waals surface area contributed by atoms with Crippen molar-refractivity contribution in [2.24, 2.45) is 0 Å². The van der Waals surface area contributed by atoms with Crippen molar-refractivity contribution >= 4 is 17.5 Å². The van der Waals surface area contributed by atoms with Crippen LogP contribution in [0.4, 0.5) is 21.8 Å². The summed E-state index contributed by atoms with van der Waals surface area (Å²) in [7, 11) is 0. The fourth-order valence-corrected chi connectivity index (χ4v) is 3.10. The van der Waals surface area contributed by atoms with E-state index in [1.54, 1.807) is 0 Å². The lowest BCUT2D eigenvalue weighted by molar-refractivity contribution is 0.0996. The number of fused-ring (bicyclic) bond motifs is 1. The summed E-state index contributed by atoms with van der Waals surface area (Å²) in [5.74, 6) is 1.31. The number of hydrogen-bond donors (Lipinski definition) is 2. The Bertz CT molecular complexity index is 976. The lowest BCUT2D eigenvalue weighted by Crippen LogP contribution is -2.35. The minimum absolute atomic E-state index is 0.115. The summed E-state index contributed by atoms with van der Waals surface area (Å²) >= 11 is 0. The van der Waals surface area contributed by atoms with Gasteiger partial charge in [0.05, 0.1) is 12.7 Å². The Morgan fingerprint density at radius 2 is 1.86 bits per heavy atom. The molecule has 0 aliphatic carbocycles. The summed E-state index contributed by atoms with van der Waals surface area (Å²) in [5, 5.41) is 6.11. The second kappa shape index (κ2) is 7.72. The van der Waals surface area contributed by atoms with Crippen molar-refractivity contribution in [2.45, 2.75) is 20.0 Å². The van der Waals surface area contributed by atoms with E-state index in [4.69, 9.17) is 9.47 Å². The van der Waals surface area contributed by atoms with Crippen LogP contribution in [-0.2, 0) is 0 Å². The fraction of sp³-hybridized carbons (Fsp3) is 0.238. The smallest absolute Gasteiger partial charge is 0.229 e. The Morgan fingerprint density at radius 3 is 2.64 bits per heavy atom. The van der Waals surface area contributed by atoms with E-state index in [0.717, 1.165) is 23.0 Å². The summed E-state index contributed by atoms with van der Waals surface area (Å²) < 4.78 is 25.7. The molecular formula is C21H21FN4O2. The van der Waals surface area contributed by atoms with Crippen LogP contribution in [0.15, 0.2) is 48.7 Å². The van der Waals surface area contributed by atoms with Crippen LogP contribution in [0.1, 0.15) is 11.1 Å². The van der Waals surface area contributed by atoms with Crippen LogP contribution in [-0.4, -0.2) is 29.2 Å². The van der Waals surface area contributed by atoms with Crippen molar-refractivity contribution in [3.05, 3.63) is 65.6 Å². The van der Waals surface area contributed by atoms with Crippen LogP contribution in [0.3, 0.4) is 0 Å². The number of benzene rings is 2. The molecular weight excluding hydrogens is 359 g/mol. The number of anilines is 3. The molecule has 0 fully saturated rings. The molecule has 4 rings (SSSR count). The van der Waals surface area contributed by atoms with Crippen LogP contribution in [0.25, 0.3) is 0 Å². The third-order valence-electron chi connectivity index (χ3n) is 4.29. The summed E-state index contributed by atoms with van der Waals surface area (Å²) in [6, 6.07) is 13.5. The number of ether oxygens (including phenoxy) is 2. The van der Waals surface area contributed by atoms with Gasteiger partial charge in [0.15, 0.2) is 23.1 Å². The first-order chi connectivity index (χ1) is 13.6. The van der Waals surface area contributed by atoms with Gasteiger partial charge in [-0.05, 0) is 49.2 Å². The summed E-state index contributed by atoms with van der Waals surface area (Å²) in [4.78, 5) is 8.28. The SMILES string of the molecule is Cc1cc(C)cc(Nc2ncc(F)c(NCC3COc4ccccc4O3)n2)c1. The van der Waals surface area contributed by atoms with E-state index in [2.05, 4.69) is 26.7 Å². The maximum atomic E-state index is 14.1. The second-order valence-corrected chi connectivity index (χ2v) is 6.77. The van der Waals surface area contributed by atoms with Crippen molar-refractivity contribution in [1.82, 2.24) is 9.97 Å². The van der Waals surface area contributed by atoms with Crippen molar-refractivity contribution < 1.29 is 13.9 Å². The molecule has 2 heterocycles. The Labute approximate surface area is 162 Å². The van der Waals surface area contributed by atoms with Crippen molar-refractivity contribution in [3.63, 3.8) is 0 Å². The van der Waals surface area contributed by atoms with Gasteiger partial charge in [-0.2, -0.15) is 4.98 Å². The molecule has 2 N–H and O–H groups in total. The number of rotatable bonds is 5. The monoisotopic (exact) mass is 380 g/mol. The lowest BCUT2D eigenvalue weighted by Gasteiger charge is -2.26. The molecule has 0 spiro atoms.